The van der Waals surface area contributed by atoms with Crippen LogP contribution in [0.3, 0.4) is 0 Å². The molecule has 0 bridgehead atoms. The first-order valence-electron chi connectivity index (χ1n) is 4.83. The molecular formula is C13H16O. The molecule has 1 nitrogen and oxygen atoms in total. The van der Waals surface area contributed by atoms with E-state index in [4.69, 9.17) is 0 Å². The Morgan fingerprint density at radius 2 is 2.00 bits per heavy atom. The average molecular weight is 188 g/mol. The summed E-state index contributed by atoms with van der Waals surface area (Å²) in [5.41, 5.74) is 3.97. The van der Waals surface area contributed by atoms with Crippen LogP contribution in [0.5, 0.6) is 0 Å². The predicted molar refractivity (Wildman–Crippen MR) is 60.0 cm³/mol. The quantitative estimate of drug-likeness (QED) is 0.663. The van der Waals surface area contributed by atoms with E-state index in [9.17, 15) is 4.79 Å². The first kappa shape index (κ1) is 10.7. The zero-order valence-corrected chi connectivity index (χ0v) is 8.89. The molecule has 0 N–H and O–H groups in total. The minimum Gasteiger partial charge on any atom is -0.295 e. The topological polar surface area (TPSA) is 17.1 Å². The normalized spacial score (nSPS) is 16.0. The molecule has 0 aliphatic heterocycles. The van der Waals surface area contributed by atoms with Crippen LogP contribution in [-0.4, -0.2) is 5.78 Å². The van der Waals surface area contributed by atoms with Crippen LogP contribution in [0.4, 0.5) is 0 Å². The third-order valence-electron chi connectivity index (χ3n) is 2.43. The number of ketones is 1. The fourth-order valence-electron chi connectivity index (χ4n) is 1.48. The second-order valence-electron chi connectivity index (χ2n) is 3.60. The lowest BCUT2D eigenvalue weighted by Gasteiger charge is -2.15. The van der Waals surface area contributed by atoms with E-state index in [2.05, 4.69) is 20.1 Å². The molecule has 0 aromatic carbocycles. The molecule has 0 atom stereocenters. The number of hydrogen-bond donors (Lipinski definition) is 0. The van der Waals surface area contributed by atoms with Crippen LogP contribution in [0.25, 0.3) is 0 Å². The van der Waals surface area contributed by atoms with Gasteiger partial charge in [-0.05, 0) is 36.1 Å². The van der Waals surface area contributed by atoms with Gasteiger partial charge in [-0.25, -0.2) is 0 Å². The van der Waals surface area contributed by atoms with Crippen LogP contribution in [-0.2, 0) is 4.79 Å². The van der Waals surface area contributed by atoms with Gasteiger partial charge in [0.25, 0.3) is 0 Å². The van der Waals surface area contributed by atoms with E-state index in [-0.39, 0.29) is 5.78 Å². The summed E-state index contributed by atoms with van der Waals surface area (Å²) in [6.07, 6.45) is 5.50. The third kappa shape index (κ3) is 2.32. The van der Waals surface area contributed by atoms with E-state index in [1.165, 1.54) is 0 Å². The number of Topliss-reactive ketones (excluding diaryl/α,β-unsaturated/α-hetero) is 1. The van der Waals surface area contributed by atoms with Gasteiger partial charge in [-0.3, -0.25) is 4.79 Å². The molecule has 1 rings (SSSR count). The van der Waals surface area contributed by atoms with Gasteiger partial charge in [-0.1, -0.05) is 31.7 Å². The van der Waals surface area contributed by atoms with Crippen molar-refractivity contribution in [2.75, 3.05) is 0 Å². The molecule has 14 heavy (non-hydrogen) atoms. The van der Waals surface area contributed by atoms with Gasteiger partial charge in [0.1, 0.15) is 0 Å². The smallest absolute Gasteiger partial charge is 0.156 e. The van der Waals surface area contributed by atoms with Crippen LogP contribution in [0.2, 0.25) is 0 Å². The summed E-state index contributed by atoms with van der Waals surface area (Å²) in [6.45, 7) is 11.5. The Hall–Kier alpha value is -1.37. The fraction of sp³-hybridized carbons (Fsp3) is 0.308. The second kappa shape index (κ2) is 4.23. The Morgan fingerprint density at radius 1 is 1.43 bits per heavy atom. The van der Waals surface area contributed by atoms with Crippen LogP contribution < -0.4 is 0 Å². The van der Waals surface area contributed by atoms with Crippen molar-refractivity contribution in [3.8, 4) is 0 Å². The third-order valence-corrected chi connectivity index (χ3v) is 2.43. The lowest BCUT2D eigenvalue weighted by molar-refractivity contribution is -0.113. The summed E-state index contributed by atoms with van der Waals surface area (Å²) in [7, 11) is 0. The van der Waals surface area contributed by atoms with E-state index >= 15 is 0 Å². The van der Waals surface area contributed by atoms with Gasteiger partial charge < -0.3 is 0 Å². The predicted octanol–water partition coefficient (Wildman–Crippen LogP) is 3.35. The largest absolute Gasteiger partial charge is 0.295 e. The van der Waals surface area contributed by atoms with Crippen molar-refractivity contribution in [2.24, 2.45) is 0 Å². The van der Waals surface area contributed by atoms with Gasteiger partial charge in [-0.15, -0.1) is 0 Å². The van der Waals surface area contributed by atoms with Gasteiger partial charge in [0.15, 0.2) is 5.78 Å². The van der Waals surface area contributed by atoms with Gasteiger partial charge in [-0.2, -0.15) is 0 Å². The minimum atomic E-state index is 0.126. The Balaban J connectivity index is 2.91. The van der Waals surface area contributed by atoms with Crippen molar-refractivity contribution in [3.63, 3.8) is 0 Å². The van der Waals surface area contributed by atoms with E-state index in [0.717, 1.165) is 28.7 Å². The average Bonchev–Trinajstić information content (AvgIpc) is 2.15. The highest BCUT2D eigenvalue weighted by molar-refractivity contribution is 5.95. The summed E-state index contributed by atoms with van der Waals surface area (Å²) in [5.74, 6) is 0.126. The zero-order valence-electron chi connectivity index (χ0n) is 8.89. The van der Waals surface area contributed by atoms with Crippen molar-refractivity contribution in [1.29, 1.82) is 0 Å². The summed E-state index contributed by atoms with van der Waals surface area (Å²) >= 11 is 0. The molecule has 0 heterocycles. The van der Waals surface area contributed by atoms with Crippen LogP contribution in [0.1, 0.15) is 26.7 Å². The minimum absolute atomic E-state index is 0.126. The molecular weight excluding hydrogens is 172 g/mol. The number of carbonyl (C=O) groups is 1. The second-order valence-corrected chi connectivity index (χ2v) is 3.60. The van der Waals surface area contributed by atoms with Crippen molar-refractivity contribution in [1.82, 2.24) is 0 Å². The molecule has 0 aromatic rings. The molecule has 0 saturated carbocycles. The Bertz CT molecular complexity index is 353. The maximum Gasteiger partial charge on any atom is 0.156 e. The van der Waals surface area contributed by atoms with Crippen LogP contribution >= 0.6 is 0 Å². The SMILES string of the molecule is C=C1C=C(C(=C)CC)CC(C(C)=O)=C1. The highest BCUT2D eigenvalue weighted by Crippen LogP contribution is 2.27. The van der Waals surface area contributed by atoms with Crippen molar-refractivity contribution in [3.05, 3.63) is 47.6 Å². The highest BCUT2D eigenvalue weighted by Gasteiger charge is 2.13. The standard InChI is InChI=1S/C13H16O/c1-5-10(3)12-6-9(2)7-13(8-12)11(4)14/h6-7H,2-3,5,8H2,1,4H3. The van der Waals surface area contributed by atoms with E-state index in [1.54, 1.807) is 6.92 Å². The molecule has 74 valence electrons. The maximum atomic E-state index is 11.2. The van der Waals surface area contributed by atoms with E-state index in [0.29, 0.717) is 6.42 Å². The molecule has 1 aliphatic rings. The zero-order chi connectivity index (χ0) is 10.7. The molecule has 0 fully saturated rings. The Labute approximate surface area is 85.5 Å². The molecule has 0 radical (unpaired) electrons. The summed E-state index contributed by atoms with van der Waals surface area (Å²) in [4.78, 5) is 11.2. The van der Waals surface area contributed by atoms with Crippen molar-refractivity contribution >= 4 is 5.78 Å². The fourth-order valence-corrected chi connectivity index (χ4v) is 1.48. The van der Waals surface area contributed by atoms with Crippen LogP contribution in [0.15, 0.2) is 47.6 Å². The van der Waals surface area contributed by atoms with Gasteiger partial charge >= 0.3 is 0 Å². The lowest BCUT2D eigenvalue weighted by atomic mass is 9.89. The number of carbonyl (C=O) groups excluding carboxylic acids is 1. The summed E-state index contributed by atoms with van der Waals surface area (Å²) < 4.78 is 0. The first-order chi connectivity index (χ1) is 6.54. The summed E-state index contributed by atoms with van der Waals surface area (Å²) in [5, 5.41) is 0. The maximum absolute atomic E-state index is 11.2. The Kier molecular flexibility index (Phi) is 3.23. The number of hydrogen-bond acceptors (Lipinski definition) is 1. The van der Waals surface area contributed by atoms with Gasteiger partial charge in [0.05, 0.1) is 0 Å². The van der Waals surface area contributed by atoms with E-state index < -0.39 is 0 Å². The summed E-state index contributed by atoms with van der Waals surface area (Å²) in [6, 6.07) is 0. The van der Waals surface area contributed by atoms with Crippen LogP contribution in [0, 0.1) is 0 Å². The molecule has 0 saturated heterocycles. The number of rotatable bonds is 3. The molecule has 0 aromatic heterocycles. The van der Waals surface area contributed by atoms with Gasteiger partial charge in [0, 0.05) is 6.42 Å². The van der Waals surface area contributed by atoms with E-state index in [1.807, 2.05) is 12.2 Å². The molecule has 0 amide bonds. The van der Waals surface area contributed by atoms with Gasteiger partial charge in [0.2, 0.25) is 0 Å². The Morgan fingerprint density at radius 3 is 2.50 bits per heavy atom. The van der Waals surface area contributed by atoms with Crippen molar-refractivity contribution in [2.45, 2.75) is 26.7 Å². The molecule has 1 heteroatoms. The molecule has 0 spiro atoms. The number of allylic oxidation sites excluding steroid dienone is 6. The first-order valence-corrected chi connectivity index (χ1v) is 4.83. The highest BCUT2D eigenvalue weighted by atomic mass is 16.1. The lowest BCUT2D eigenvalue weighted by Crippen LogP contribution is -2.04. The monoisotopic (exact) mass is 188 g/mol. The molecule has 0 unspecified atom stereocenters. The molecule has 1 aliphatic carbocycles. The van der Waals surface area contributed by atoms with Crippen molar-refractivity contribution < 1.29 is 4.79 Å².